The van der Waals surface area contributed by atoms with Gasteiger partial charge in [-0.2, -0.15) is 10.4 Å². The highest BCUT2D eigenvalue weighted by Crippen LogP contribution is 2.54. The number of likely N-dealkylation sites (tertiary alicyclic amines) is 1. The first-order chi connectivity index (χ1) is 22.4. The number of ether oxygens (including phenoxy) is 2. The van der Waals surface area contributed by atoms with E-state index < -0.39 is 27.8 Å². The van der Waals surface area contributed by atoms with Gasteiger partial charge in [-0.15, -0.1) is 10.3 Å². The summed E-state index contributed by atoms with van der Waals surface area (Å²) in [5.74, 6) is 5.76. The molecule has 0 radical (unpaired) electrons. The highest BCUT2D eigenvalue weighted by molar-refractivity contribution is 8.29. The Bertz CT molecular complexity index is 1710. The predicted octanol–water partition coefficient (Wildman–Crippen LogP) is 6.18. The summed E-state index contributed by atoms with van der Waals surface area (Å²) < 4.78 is 33.9. The zero-order valence-electron chi connectivity index (χ0n) is 29.3. The van der Waals surface area contributed by atoms with Gasteiger partial charge in [-0.25, -0.2) is 14.2 Å². The molecule has 1 saturated heterocycles. The number of hydrazone groups is 1. The molecule has 3 aromatic heterocycles. The van der Waals surface area contributed by atoms with Crippen molar-refractivity contribution in [1.29, 1.82) is 5.26 Å². The zero-order chi connectivity index (χ0) is 35.4. The van der Waals surface area contributed by atoms with Crippen molar-refractivity contribution in [2.45, 2.75) is 83.8 Å². The minimum Gasteiger partial charge on any atom is -0.466 e. The van der Waals surface area contributed by atoms with E-state index in [1.54, 1.807) is 27.5 Å². The molecule has 0 saturated carbocycles. The minimum atomic E-state index is -1.55. The number of nitrogens with two attached hydrogens (primary N) is 1. The van der Waals surface area contributed by atoms with Gasteiger partial charge in [-0.3, -0.25) is 14.4 Å². The number of rotatable bonds is 9. The van der Waals surface area contributed by atoms with Crippen molar-refractivity contribution >= 4 is 33.5 Å². The standard InChI is InChI=1S/C34H47FN8O4S/c1-22(40-25-12-14-42(15-13-25)32(44)47-33(2,3)4)31(41-37)23-16-29-39-20-26(18-36)43(29)30(17-23)46-28(27-11-10-24(35)19-38-27)21-45-48(8,9)34(5,6)7/h10-11,16-17,19-20,25,28H,12-15,21,37H2,1-9H3/b40-22?,41-31+. The Labute approximate surface area is 283 Å². The highest BCUT2D eigenvalue weighted by atomic mass is 32.3. The number of carbonyl (C=O) groups is 1. The van der Waals surface area contributed by atoms with Crippen LogP contribution in [0.5, 0.6) is 5.88 Å². The number of fused-ring (bicyclic) bond motifs is 1. The molecule has 1 amide bonds. The van der Waals surface area contributed by atoms with Crippen LogP contribution in [0, 0.1) is 17.1 Å². The molecule has 1 aliphatic heterocycles. The van der Waals surface area contributed by atoms with Gasteiger partial charge in [0, 0.05) is 29.5 Å². The van der Waals surface area contributed by atoms with E-state index in [0.717, 1.165) is 6.20 Å². The number of amides is 1. The maximum absolute atomic E-state index is 13.9. The smallest absolute Gasteiger partial charge is 0.410 e. The van der Waals surface area contributed by atoms with Crippen LogP contribution in [0.4, 0.5) is 9.18 Å². The Morgan fingerprint density at radius 3 is 2.40 bits per heavy atom. The lowest BCUT2D eigenvalue weighted by atomic mass is 10.0. The molecule has 0 bridgehead atoms. The van der Waals surface area contributed by atoms with E-state index in [9.17, 15) is 14.4 Å². The molecule has 1 fully saturated rings. The fraction of sp³-hybridized carbons (Fsp3) is 0.529. The summed E-state index contributed by atoms with van der Waals surface area (Å²) in [6, 6.07) is 8.48. The van der Waals surface area contributed by atoms with Crippen LogP contribution in [0.25, 0.3) is 5.65 Å². The number of pyridine rings is 2. The lowest BCUT2D eigenvalue weighted by Crippen LogP contribution is -2.42. The van der Waals surface area contributed by atoms with Gasteiger partial charge < -0.3 is 24.4 Å². The third kappa shape index (κ3) is 8.82. The van der Waals surface area contributed by atoms with Crippen LogP contribution in [-0.4, -0.2) is 85.4 Å². The van der Waals surface area contributed by atoms with Crippen LogP contribution in [0.15, 0.2) is 46.8 Å². The molecule has 12 nitrogen and oxygen atoms in total. The Kier molecular flexibility index (Phi) is 11.1. The number of nitrogens with zero attached hydrogens (tertiary/aromatic N) is 7. The van der Waals surface area contributed by atoms with Crippen molar-refractivity contribution in [2.75, 3.05) is 32.2 Å². The summed E-state index contributed by atoms with van der Waals surface area (Å²) in [7, 11) is -1.55. The first kappa shape index (κ1) is 36.6. The molecule has 2 N–H and O–H groups in total. The van der Waals surface area contributed by atoms with Gasteiger partial charge in [0.15, 0.2) is 6.10 Å². The number of hydrogen-bond acceptors (Lipinski definition) is 10. The second-order valence-corrected chi connectivity index (χ2v) is 18.0. The number of carbonyl (C=O) groups excluding carboxylic acids is 1. The number of halogens is 1. The van der Waals surface area contributed by atoms with Gasteiger partial charge in [0.25, 0.3) is 0 Å². The number of aliphatic imine (C=N–C) groups is 1. The zero-order valence-corrected chi connectivity index (χ0v) is 30.1. The van der Waals surface area contributed by atoms with E-state index in [4.69, 9.17) is 24.5 Å². The number of aromatic nitrogens is 3. The summed E-state index contributed by atoms with van der Waals surface area (Å²) in [4.78, 5) is 27.9. The fourth-order valence-electron chi connectivity index (χ4n) is 4.91. The van der Waals surface area contributed by atoms with E-state index in [-0.39, 0.29) is 35.1 Å². The van der Waals surface area contributed by atoms with Crippen molar-refractivity contribution in [3.05, 3.63) is 59.4 Å². The first-order valence-electron chi connectivity index (χ1n) is 15.8. The first-order valence-corrected chi connectivity index (χ1v) is 18.2. The molecule has 4 rings (SSSR count). The van der Waals surface area contributed by atoms with Crippen molar-refractivity contribution in [3.8, 4) is 11.9 Å². The van der Waals surface area contributed by atoms with E-state index in [0.29, 0.717) is 54.3 Å². The van der Waals surface area contributed by atoms with Gasteiger partial charge in [0.2, 0.25) is 5.88 Å². The number of hydrogen-bond donors (Lipinski definition) is 1. The van der Waals surface area contributed by atoms with Gasteiger partial charge in [0.05, 0.1) is 29.8 Å². The molecule has 48 heavy (non-hydrogen) atoms. The Balaban J connectivity index is 1.65. The number of imidazole rings is 1. The molecule has 14 heteroatoms. The summed E-state index contributed by atoms with van der Waals surface area (Å²) in [5.41, 5.74) is 2.19. The van der Waals surface area contributed by atoms with Crippen LogP contribution in [0.1, 0.15) is 84.4 Å². The summed E-state index contributed by atoms with van der Waals surface area (Å²) in [6.07, 6.45) is 6.99. The Morgan fingerprint density at radius 1 is 1.15 bits per heavy atom. The van der Waals surface area contributed by atoms with E-state index in [1.165, 1.54) is 12.3 Å². The number of nitriles is 1. The lowest BCUT2D eigenvalue weighted by Gasteiger charge is -2.44. The Morgan fingerprint density at radius 2 is 1.83 bits per heavy atom. The Hall–Kier alpha value is -4.22. The van der Waals surface area contributed by atoms with Gasteiger partial charge >= 0.3 is 6.09 Å². The molecule has 0 spiro atoms. The molecule has 4 heterocycles. The normalized spacial score (nSPS) is 16.5. The predicted molar refractivity (Wildman–Crippen MR) is 187 cm³/mol. The summed E-state index contributed by atoms with van der Waals surface area (Å²) >= 11 is 0. The highest BCUT2D eigenvalue weighted by Gasteiger charge is 2.32. The average Bonchev–Trinajstić information content (AvgIpc) is 3.42. The molecule has 0 aromatic carbocycles. The fourth-order valence-corrected chi connectivity index (χ4v) is 5.73. The second-order valence-electron chi connectivity index (χ2n) is 14.1. The van der Waals surface area contributed by atoms with Gasteiger partial charge in [-0.05, 0) is 71.2 Å². The monoisotopic (exact) mass is 682 g/mol. The third-order valence-electron chi connectivity index (χ3n) is 8.26. The van der Waals surface area contributed by atoms with Crippen LogP contribution >= 0.6 is 10.3 Å². The maximum Gasteiger partial charge on any atom is 0.410 e. The quantitative estimate of drug-likeness (QED) is 0.160. The minimum absolute atomic E-state index is 0.0451. The molecule has 0 aliphatic carbocycles. The maximum atomic E-state index is 13.9. The molecular weight excluding hydrogens is 635 g/mol. The van der Waals surface area contributed by atoms with Crippen LogP contribution in [-0.2, 0) is 8.92 Å². The van der Waals surface area contributed by atoms with Crippen LogP contribution in [0.3, 0.4) is 0 Å². The van der Waals surface area contributed by atoms with Crippen molar-refractivity contribution < 1.29 is 22.8 Å². The van der Waals surface area contributed by atoms with E-state index in [2.05, 4.69) is 54.4 Å². The van der Waals surface area contributed by atoms with Gasteiger partial charge in [-0.1, -0.05) is 20.8 Å². The van der Waals surface area contributed by atoms with Gasteiger partial charge in [0.1, 0.15) is 41.1 Å². The van der Waals surface area contributed by atoms with E-state index in [1.807, 2.05) is 27.7 Å². The molecule has 1 aliphatic rings. The molecule has 1 unspecified atom stereocenters. The third-order valence-corrected chi connectivity index (χ3v) is 11.9. The molecule has 1 atom stereocenters. The second kappa shape index (κ2) is 14.5. The van der Waals surface area contributed by atoms with Crippen molar-refractivity contribution in [3.63, 3.8) is 0 Å². The summed E-state index contributed by atoms with van der Waals surface area (Å²) in [6.45, 7) is 14.9. The largest absolute Gasteiger partial charge is 0.466 e. The lowest BCUT2D eigenvalue weighted by molar-refractivity contribution is 0.0207. The van der Waals surface area contributed by atoms with Crippen LogP contribution < -0.4 is 10.6 Å². The summed E-state index contributed by atoms with van der Waals surface area (Å²) in [5, 5.41) is 14.0. The van der Waals surface area contributed by atoms with Crippen molar-refractivity contribution in [2.24, 2.45) is 15.9 Å². The number of piperidine rings is 1. The van der Waals surface area contributed by atoms with Crippen molar-refractivity contribution in [1.82, 2.24) is 19.3 Å². The topological polar surface area (TPSA) is 153 Å². The van der Waals surface area contributed by atoms with Crippen LogP contribution in [0.2, 0.25) is 0 Å². The average molecular weight is 683 g/mol. The molecule has 3 aromatic rings. The molecular formula is C34H47FN8O4S. The SMILES string of the molecule is CC(=NC1CCN(C(=O)OC(C)(C)C)CC1)/C(=N\N)c1cc(OC(COS(C)(C)C(C)(C)C)c2ccc(F)cn2)n2c(C#N)cnc2c1. The van der Waals surface area contributed by atoms with E-state index >= 15 is 0 Å². The molecule has 260 valence electrons.